The van der Waals surface area contributed by atoms with Gasteiger partial charge >= 0.3 is 0 Å². The molecule has 2 rings (SSSR count). The minimum Gasteiger partial charge on any atom is -0.357 e. The molecule has 0 radical (unpaired) electrons. The first-order valence-electron chi connectivity index (χ1n) is 7.81. The van der Waals surface area contributed by atoms with Gasteiger partial charge in [0.25, 0.3) is 0 Å². The molecular formula is C19H25N3O. The predicted molar refractivity (Wildman–Crippen MR) is 94.9 cm³/mol. The molecule has 0 saturated heterocycles. The molecule has 1 aromatic heterocycles. The Morgan fingerprint density at radius 1 is 1.22 bits per heavy atom. The molecule has 1 aromatic carbocycles. The predicted octanol–water partition coefficient (Wildman–Crippen LogP) is 4.42. The molecule has 1 N–H and O–H groups in total. The van der Waals surface area contributed by atoms with Crippen molar-refractivity contribution >= 4 is 11.5 Å². The van der Waals surface area contributed by atoms with Crippen LogP contribution in [0.25, 0.3) is 5.69 Å². The molecule has 2 aromatic rings. The number of ketones is 1. The van der Waals surface area contributed by atoms with Crippen LogP contribution >= 0.6 is 0 Å². The molecule has 0 aliphatic rings. The second kappa shape index (κ2) is 6.41. The molecule has 122 valence electrons. The summed E-state index contributed by atoms with van der Waals surface area (Å²) in [6.07, 6.45) is 1.66. The molecule has 0 spiro atoms. The van der Waals surface area contributed by atoms with Gasteiger partial charge in [-0.3, -0.25) is 4.79 Å². The molecule has 0 fully saturated rings. The lowest BCUT2D eigenvalue weighted by molar-refractivity contribution is -0.121. The highest BCUT2D eigenvalue weighted by molar-refractivity contribution is 5.94. The molecule has 4 nitrogen and oxygen atoms in total. The van der Waals surface area contributed by atoms with E-state index in [2.05, 4.69) is 10.4 Å². The summed E-state index contributed by atoms with van der Waals surface area (Å²) in [5.41, 5.74) is 4.39. The smallest absolute Gasteiger partial charge is 0.162 e. The molecule has 0 aliphatic carbocycles. The summed E-state index contributed by atoms with van der Waals surface area (Å²) < 4.78 is 1.91. The minimum absolute atomic E-state index is 0.103. The second-order valence-corrected chi connectivity index (χ2v) is 6.92. The summed E-state index contributed by atoms with van der Waals surface area (Å²) in [5.74, 6) is 0.103. The van der Waals surface area contributed by atoms with Crippen molar-refractivity contribution in [1.82, 2.24) is 9.78 Å². The summed E-state index contributed by atoms with van der Waals surface area (Å²) in [7, 11) is 0. The van der Waals surface area contributed by atoms with Crippen LogP contribution < -0.4 is 5.32 Å². The molecule has 0 bridgehead atoms. The average Bonchev–Trinajstić information content (AvgIpc) is 2.77. The number of hydrogen-bond donors (Lipinski definition) is 1. The van der Waals surface area contributed by atoms with Crippen LogP contribution in [-0.2, 0) is 4.79 Å². The minimum atomic E-state index is -0.377. The number of aryl methyl sites for hydroxylation is 2. The summed E-state index contributed by atoms with van der Waals surface area (Å²) in [4.78, 5) is 12.1. The number of carbonyl (C=O) groups excluding carboxylic acids is 1. The third-order valence-electron chi connectivity index (χ3n) is 3.56. The highest BCUT2D eigenvalue weighted by Crippen LogP contribution is 2.23. The zero-order valence-corrected chi connectivity index (χ0v) is 14.8. The van der Waals surface area contributed by atoms with E-state index in [1.54, 1.807) is 6.08 Å². The first kappa shape index (κ1) is 17.0. The van der Waals surface area contributed by atoms with E-state index < -0.39 is 0 Å². The maximum atomic E-state index is 12.1. The van der Waals surface area contributed by atoms with Crippen LogP contribution in [-0.4, -0.2) is 15.6 Å². The van der Waals surface area contributed by atoms with Crippen LogP contribution in [0.4, 0.5) is 5.69 Å². The van der Waals surface area contributed by atoms with E-state index >= 15 is 0 Å². The molecule has 0 atom stereocenters. The molecule has 0 amide bonds. The van der Waals surface area contributed by atoms with Gasteiger partial charge < -0.3 is 5.32 Å². The molecule has 0 aliphatic heterocycles. The monoisotopic (exact) mass is 311 g/mol. The van der Waals surface area contributed by atoms with E-state index in [0.29, 0.717) is 0 Å². The fourth-order valence-corrected chi connectivity index (χ4v) is 2.30. The summed E-state index contributed by atoms with van der Waals surface area (Å²) in [6.45, 7) is 11.7. The number of nitrogens with one attached hydrogen (secondary N) is 1. The van der Waals surface area contributed by atoms with Gasteiger partial charge in [-0.1, -0.05) is 32.9 Å². The quantitative estimate of drug-likeness (QED) is 0.850. The first-order chi connectivity index (χ1) is 10.7. The van der Waals surface area contributed by atoms with Crippen LogP contribution in [0.5, 0.6) is 0 Å². The van der Waals surface area contributed by atoms with E-state index in [-0.39, 0.29) is 11.2 Å². The van der Waals surface area contributed by atoms with Gasteiger partial charge in [-0.05, 0) is 39.0 Å². The van der Waals surface area contributed by atoms with Crippen LogP contribution in [0.2, 0.25) is 0 Å². The Labute approximate surface area is 138 Å². The third kappa shape index (κ3) is 4.09. The fourth-order valence-electron chi connectivity index (χ4n) is 2.30. The summed E-state index contributed by atoms with van der Waals surface area (Å²) >= 11 is 0. The highest BCUT2D eigenvalue weighted by atomic mass is 16.1. The molecule has 4 heteroatoms. The molecule has 23 heavy (non-hydrogen) atoms. The van der Waals surface area contributed by atoms with Gasteiger partial charge in [0.2, 0.25) is 0 Å². The first-order valence-corrected chi connectivity index (χ1v) is 7.81. The van der Waals surface area contributed by atoms with Gasteiger partial charge in [-0.2, -0.15) is 5.10 Å². The van der Waals surface area contributed by atoms with Crippen LogP contribution in [0.1, 0.15) is 39.1 Å². The standard InChI is InChI=1S/C19H25N3O/c1-13(12-18(23)19(4,5)6)20-16-9-7-8-10-17(16)22-15(3)11-14(2)21-22/h7-12,20H,1-6H3/b13-12+. The second-order valence-electron chi connectivity index (χ2n) is 6.92. The number of carbonyl (C=O) groups is 1. The normalized spacial score (nSPS) is 12.3. The van der Waals surface area contributed by atoms with Crippen molar-refractivity contribution in [3.05, 3.63) is 53.5 Å². The molecule has 0 saturated carbocycles. The summed E-state index contributed by atoms with van der Waals surface area (Å²) in [5, 5.41) is 7.87. The van der Waals surface area contributed by atoms with Gasteiger partial charge in [0, 0.05) is 22.9 Å². The third-order valence-corrected chi connectivity index (χ3v) is 3.56. The van der Waals surface area contributed by atoms with Gasteiger partial charge in [0.05, 0.1) is 17.1 Å². The average molecular weight is 311 g/mol. The number of para-hydroxylation sites is 2. The van der Waals surface area contributed by atoms with Gasteiger partial charge in [0.15, 0.2) is 5.78 Å². The summed E-state index contributed by atoms with van der Waals surface area (Å²) in [6, 6.07) is 10.0. The Morgan fingerprint density at radius 3 is 2.43 bits per heavy atom. The zero-order valence-electron chi connectivity index (χ0n) is 14.8. The highest BCUT2D eigenvalue weighted by Gasteiger charge is 2.19. The van der Waals surface area contributed by atoms with Crippen molar-refractivity contribution in [2.45, 2.75) is 41.5 Å². The van der Waals surface area contributed by atoms with E-state index in [9.17, 15) is 4.79 Å². The number of aromatic nitrogens is 2. The topological polar surface area (TPSA) is 46.9 Å². The maximum absolute atomic E-state index is 12.1. The Hall–Kier alpha value is -2.36. The number of allylic oxidation sites excluding steroid dienone is 2. The van der Waals surface area contributed by atoms with Crippen LogP contribution in [0.15, 0.2) is 42.1 Å². The van der Waals surface area contributed by atoms with Gasteiger partial charge in [-0.15, -0.1) is 0 Å². The van der Waals surface area contributed by atoms with Gasteiger partial charge in [-0.25, -0.2) is 4.68 Å². The van der Waals surface area contributed by atoms with Crippen molar-refractivity contribution in [3.8, 4) is 5.69 Å². The Morgan fingerprint density at radius 2 is 1.87 bits per heavy atom. The zero-order chi connectivity index (χ0) is 17.2. The number of rotatable bonds is 4. The van der Waals surface area contributed by atoms with Crippen LogP contribution in [0, 0.1) is 19.3 Å². The van der Waals surface area contributed by atoms with Crippen molar-refractivity contribution in [2.24, 2.45) is 5.41 Å². The Kier molecular flexibility index (Phi) is 4.73. The van der Waals surface area contributed by atoms with Crippen molar-refractivity contribution in [3.63, 3.8) is 0 Å². The molecular weight excluding hydrogens is 286 g/mol. The molecule has 0 unspecified atom stereocenters. The lowest BCUT2D eigenvalue weighted by atomic mass is 9.90. The fraction of sp³-hybridized carbons (Fsp3) is 0.368. The van der Waals surface area contributed by atoms with Crippen molar-refractivity contribution in [1.29, 1.82) is 0 Å². The maximum Gasteiger partial charge on any atom is 0.162 e. The van der Waals surface area contributed by atoms with E-state index in [1.165, 1.54) is 0 Å². The Bertz CT molecular complexity index is 748. The largest absolute Gasteiger partial charge is 0.357 e. The van der Waals surface area contributed by atoms with E-state index in [1.807, 2.05) is 76.6 Å². The number of benzene rings is 1. The Balaban J connectivity index is 2.33. The lowest BCUT2D eigenvalue weighted by Gasteiger charge is -2.16. The number of anilines is 1. The van der Waals surface area contributed by atoms with Gasteiger partial charge in [0.1, 0.15) is 0 Å². The number of nitrogens with zero attached hydrogens (tertiary/aromatic N) is 2. The van der Waals surface area contributed by atoms with E-state index in [0.717, 1.165) is 28.5 Å². The van der Waals surface area contributed by atoms with Crippen LogP contribution in [0.3, 0.4) is 0 Å². The van der Waals surface area contributed by atoms with Crippen molar-refractivity contribution in [2.75, 3.05) is 5.32 Å². The van der Waals surface area contributed by atoms with Crippen molar-refractivity contribution < 1.29 is 4.79 Å². The molecule has 1 heterocycles. The lowest BCUT2D eigenvalue weighted by Crippen LogP contribution is -2.18. The number of hydrogen-bond acceptors (Lipinski definition) is 3. The SMILES string of the molecule is C/C(=C\C(=O)C(C)(C)C)Nc1ccccc1-n1nc(C)cc1C. The van der Waals surface area contributed by atoms with E-state index in [4.69, 9.17) is 0 Å².